The molecule has 0 saturated carbocycles. The van der Waals surface area contributed by atoms with Crippen LogP contribution >= 0.6 is 0 Å². The number of nitrogens with one attached hydrogen (secondary N) is 1. The highest BCUT2D eigenvalue weighted by Crippen LogP contribution is 2.12. The molecule has 0 heterocycles. The van der Waals surface area contributed by atoms with E-state index >= 15 is 0 Å². The van der Waals surface area contributed by atoms with Gasteiger partial charge in [-0.3, -0.25) is 0 Å². The Labute approximate surface area is 119 Å². The Morgan fingerprint density at radius 2 is 2.00 bits per heavy atom. The first-order valence-corrected chi connectivity index (χ1v) is 6.83. The average Bonchev–Trinajstić information content (AvgIpc) is 2.49. The number of alkyl halides is 1. The molecule has 0 aliphatic rings. The molecular formula is C15H24FNO3. The minimum absolute atomic E-state index is 0.184. The number of benzene rings is 1. The minimum Gasteiger partial charge on any atom is -0.491 e. The fourth-order valence-electron chi connectivity index (χ4n) is 1.62. The molecule has 2 N–H and O–H groups in total. The molecule has 0 fully saturated rings. The van der Waals surface area contributed by atoms with Crippen molar-refractivity contribution in [2.24, 2.45) is 0 Å². The second-order valence-corrected chi connectivity index (χ2v) is 4.82. The van der Waals surface area contributed by atoms with Crippen LogP contribution in [-0.4, -0.2) is 50.8 Å². The molecular weight excluding hydrogens is 261 g/mol. The van der Waals surface area contributed by atoms with Gasteiger partial charge in [0.15, 0.2) is 0 Å². The lowest BCUT2D eigenvalue weighted by atomic mass is 10.1. The van der Waals surface area contributed by atoms with Crippen LogP contribution in [0.3, 0.4) is 0 Å². The Bertz CT molecular complexity index is 359. The van der Waals surface area contributed by atoms with Gasteiger partial charge in [-0.15, -0.1) is 0 Å². The first kappa shape index (κ1) is 16.9. The van der Waals surface area contributed by atoms with Crippen LogP contribution in [0.15, 0.2) is 24.3 Å². The van der Waals surface area contributed by atoms with E-state index in [1.165, 1.54) is 5.56 Å². The highest BCUT2D eigenvalue weighted by atomic mass is 19.1. The van der Waals surface area contributed by atoms with Crippen molar-refractivity contribution in [3.05, 3.63) is 29.8 Å². The number of aliphatic hydroxyl groups is 1. The van der Waals surface area contributed by atoms with Crippen molar-refractivity contribution in [3.63, 3.8) is 0 Å². The zero-order chi connectivity index (χ0) is 14.8. The van der Waals surface area contributed by atoms with Gasteiger partial charge in [0.05, 0.1) is 6.61 Å². The molecule has 1 aromatic carbocycles. The molecule has 0 spiro atoms. The predicted octanol–water partition coefficient (Wildman–Crippen LogP) is 1.56. The minimum atomic E-state index is -0.655. The molecule has 1 aromatic rings. The number of hydrogen-bond donors (Lipinski definition) is 2. The summed E-state index contributed by atoms with van der Waals surface area (Å²) in [4.78, 5) is 0. The normalized spacial score (nSPS) is 14.0. The maximum absolute atomic E-state index is 12.2. The summed E-state index contributed by atoms with van der Waals surface area (Å²) in [7, 11) is 1.68. The number of rotatable bonds is 10. The quantitative estimate of drug-likeness (QED) is 0.685. The Morgan fingerprint density at radius 3 is 2.60 bits per heavy atom. The fourth-order valence-corrected chi connectivity index (χ4v) is 1.62. The average molecular weight is 285 g/mol. The predicted molar refractivity (Wildman–Crippen MR) is 77.0 cm³/mol. The molecule has 0 saturated heterocycles. The molecule has 114 valence electrons. The van der Waals surface area contributed by atoms with Gasteiger partial charge in [0.25, 0.3) is 0 Å². The van der Waals surface area contributed by atoms with Crippen LogP contribution in [0.1, 0.15) is 12.5 Å². The maximum Gasteiger partial charge on any atom is 0.119 e. The van der Waals surface area contributed by atoms with Gasteiger partial charge >= 0.3 is 0 Å². The Hall–Kier alpha value is -1.17. The van der Waals surface area contributed by atoms with Gasteiger partial charge < -0.3 is 19.9 Å². The molecule has 2 unspecified atom stereocenters. The summed E-state index contributed by atoms with van der Waals surface area (Å²) < 4.78 is 22.7. The zero-order valence-electron chi connectivity index (χ0n) is 12.1. The summed E-state index contributed by atoms with van der Waals surface area (Å²) in [6.45, 7) is 2.47. The third-order valence-electron chi connectivity index (χ3n) is 2.89. The SMILES string of the molecule is COCCc1ccc(OCC(O)CNC(C)CF)cc1. The molecule has 1 rings (SSSR count). The lowest BCUT2D eigenvalue weighted by molar-refractivity contribution is 0.103. The summed E-state index contributed by atoms with van der Waals surface area (Å²) in [5, 5.41) is 12.6. The van der Waals surface area contributed by atoms with Crippen molar-refractivity contribution in [3.8, 4) is 5.75 Å². The second kappa shape index (κ2) is 9.69. The van der Waals surface area contributed by atoms with E-state index in [-0.39, 0.29) is 12.6 Å². The first-order chi connectivity index (χ1) is 9.65. The zero-order valence-corrected chi connectivity index (χ0v) is 12.1. The molecule has 20 heavy (non-hydrogen) atoms. The summed E-state index contributed by atoms with van der Waals surface area (Å²) in [6.07, 6.45) is 0.210. The van der Waals surface area contributed by atoms with Gasteiger partial charge in [-0.2, -0.15) is 0 Å². The second-order valence-electron chi connectivity index (χ2n) is 4.82. The van der Waals surface area contributed by atoms with E-state index in [0.29, 0.717) is 18.9 Å². The van der Waals surface area contributed by atoms with Crippen LogP contribution in [0.2, 0.25) is 0 Å². The van der Waals surface area contributed by atoms with Crippen molar-refractivity contribution in [1.82, 2.24) is 5.32 Å². The highest BCUT2D eigenvalue weighted by Gasteiger charge is 2.07. The molecule has 0 bridgehead atoms. The lowest BCUT2D eigenvalue weighted by Gasteiger charge is -2.15. The summed E-state index contributed by atoms with van der Waals surface area (Å²) in [5.41, 5.74) is 1.18. The number of methoxy groups -OCH3 is 1. The van der Waals surface area contributed by atoms with Crippen LogP contribution < -0.4 is 10.1 Å². The Morgan fingerprint density at radius 1 is 1.30 bits per heavy atom. The van der Waals surface area contributed by atoms with Crippen LogP contribution in [0, 0.1) is 0 Å². The molecule has 2 atom stereocenters. The molecule has 0 aromatic heterocycles. The summed E-state index contributed by atoms with van der Waals surface area (Å²) in [6, 6.07) is 7.45. The smallest absolute Gasteiger partial charge is 0.119 e. The van der Waals surface area contributed by atoms with Gasteiger partial charge in [0, 0.05) is 19.7 Å². The van der Waals surface area contributed by atoms with E-state index in [1.807, 2.05) is 24.3 Å². The summed E-state index contributed by atoms with van der Waals surface area (Å²) >= 11 is 0. The molecule has 0 amide bonds. The van der Waals surface area contributed by atoms with Crippen LogP contribution in [0.4, 0.5) is 4.39 Å². The highest BCUT2D eigenvalue weighted by molar-refractivity contribution is 5.27. The Balaban J connectivity index is 2.27. The van der Waals surface area contributed by atoms with Crippen molar-refractivity contribution in [2.75, 3.05) is 33.5 Å². The van der Waals surface area contributed by atoms with Crippen molar-refractivity contribution in [2.45, 2.75) is 25.5 Å². The van der Waals surface area contributed by atoms with Crippen LogP contribution in [0.25, 0.3) is 0 Å². The number of halogens is 1. The number of aliphatic hydroxyl groups excluding tert-OH is 1. The van der Waals surface area contributed by atoms with E-state index in [2.05, 4.69) is 5.32 Å². The topological polar surface area (TPSA) is 50.7 Å². The van der Waals surface area contributed by atoms with Gasteiger partial charge in [-0.1, -0.05) is 12.1 Å². The lowest BCUT2D eigenvalue weighted by Crippen LogP contribution is -2.37. The van der Waals surface area contributed by atoms with Crippen LogP contribution in [0.5, 0.6) is 5.75 Å². The standard InChI is InChI=1S/C15H24FNO3/c1-12(9-16)17-10-14(18)11-20-15-5-3-13(4-6-15)7-8-19-2/h3-6,12,14,17-18H,7-11H2,1-2H3. The van der Waals surface area contributed by atoms with Gasteiger partial charge in [-0.05, 0) is 31.0 Å². The van der Waals surface area contributed by atoms with E-state index in [1.54, 1.807) is 14.0 Å². The van der Waals surface area contributed by atoms with Gasteiger partial charge in [0.2, 0.25) is 0 Å². The Kier molecular flexibility index (Phi) is 8.18. The maximum atomic E-state index is 12.2. The van der Waals surface area contributed by atoms with Crippen molar-refractivity contribution >= 4 is 0 Å². The van der Waals surface area contributed by atoms with E-state index in [0.717, 1.165) is 6.42 Å². The number of ether oxygens (including phenoxy) is 2. The van der Waals surface area contributed by atoms with E-state index < -0.39 is 12.8 Å². The first-order valence-electron chi connectivity index (χ1n) is 6.83. The van der Waals surface area contributed by atoms with Crippen LogP contribution in [-0.2, 0) is 11.2 Å². The summed E-state index contributed by atoms with van der Waals surface area (Å²) in [5.74, 6) is 0.712. The monoisotopic (exact) mass is 285 g/mol. The molecule has 5 heteroatoms. The molecule has 0 aliphatic heterocycles. The van der Waals surface area contributed by atoms with E-state index in [9.17, 15) is 9.50 Å². The largest absolute Gasteiger partial charge is 0.491 e. The third-order valence-corrected chi connectivity index (χ3v) is 2.89. The van der Waals surface area contributed by atoms with Gasteiger partial charge in [0.1, 0.15) is 25.1 Å². The van der Waals surface area contributed by atoms with Gasteiger partial charge in [-0.25, -0.2) is 4.39 Å². The fraction of sp³-hybridized carbons (Fsp3) is 0.600. The molecule has 4 nitrogen and oxygen atoms in total. The van der Waals surface area contributed by atoms with Crippen molar-refractivity contribution < 1.29 is 19.0 Å². The van der Waals surface area contributed by atoms with Crippen molar-refractivity contribution in [1.29, 1.82) is 0 Å². The molecule has 0 radical (unpaired) electrons. The third kappa shape index (κ3) is 6.84. The number of hydrogen-bond acceptors (Lipinski definition) is 4. The molecule has 0 aliphatic carbocycles. The van der Waals surface area contributed by atoms with E-state index in [4.69, 9.17) is 9.47 Å².